The second-order valence-electron chi connectivity index (χ2n) is 3.92. The molecule has 1 aliphatic heterocycles. The van der Waals surface area contributed by atoms with E-state index in [1.165, 1.54) is 4.90 Å². The summed E-state index contributed by atoms with van der Waals surface area (Å²) in [6.07, 6.45) is 1.04. The van der Waals surface area contributed by atoms with Gasteiger partial charge in [-0.15, -0.1) is 0 Å². The molecule has 0 saturated carbocycles. The molecule has 1 aliphatic rings. The van der Waals surface area contributed by atoms with E-state index in [9.17, 15) is 19.7 Å². The van der Waals surface area contributed by atoms with Gasteiger partial charge in [0, 0.05) is 12.1 Å². The largest absolute Gasteiger partial charge is 0.300 e. The van der Waals surface area contributed by atoms with E-state index in [-0.39, 0.29) is 23.1 Å². The molecule has 0 N–H and O–H groups in total. The van der Waals surface area contributed by atoms with Crippen molar-refractivity contribution in [2.45, 2.75) is 19.9 Å². The number of hydrogen-bond donors (Lipinski definition) is 0. The van der Waals surface area contributed by atoms with Gasteiger partial charge in [0.15, 0.2) is 0 Å². The summed E-state index contributed by atoms with van der Waals surface area (Å²) < 4.78 is 0. The van der Waals surface area contributed by atoms with Gasteiger partial charge in [-0.25, -0.2) is 4.98 Å². The Bertz CT molecular complexity index is 538. The van der Waals surface area contributed by atoms with Crippen molar-refractivity contribution in [1.29, 1.82) is 0 Å². The van der Waals surface area contributed by atoms with Crippen LogP contribution in [-0.4, -0.2) is 27.6 Å². The maximum Gasteiger partial charge on any atom is 0.300 e. The van der Waals surface area contributed by atoms with Crippen LogP contribution in [0.15, 0.2) is 12.3 Å². The van der Waals surface area contributed by atoms with Gasteiger partial charge < -0.3 is 0 Å². The summed E-state index contributed by atoms with van der Waals surface area (Å²) in [6, 6.07) is 0.868. The van der Waals surface area contributed by atoms with E-state index in [0.29, 0.717) is 0 Å². The van der Waals surface area contributed by atoms with Crippen LogP contribution in [0.1, 0.15) is 24.2 Å². The topological polar surface area (TPSA) is 93.4 Å². The molecule has 0 atom stereocenters. The van der Waals surface area contributed by atoms with Crippen molar-refractivity contribution < 1.29 is 14.5 Å². The number of hydrogen-bond acceptors (Lipinski definition) is 5. The van der Waals surface area contributed by atoms with Crippen molar-refractivity contribution >= 4 is 23.2 Å². The van der Waals surface area contributed by atoms with Crippen LogP contribution in [0.2, 0.25) is 0 Å². The van der Waals surface area contributed by atoms with Crippen molar-refractivity contribution in [2.75, 3.05) is 4.90 Å². The molecular formula is C10H9N3O4. The summed E-state index contributed by atoms with van der Waals surface area (Å²) in [7, 11) is 0. The summed E-state index contributed by atoms with van der Waals surface area (Å²) in [5, 5.41) is 10.6. The SMILES string of the molecule is CC(C)N1C(=O)C(=O)c2cc([N+](=O)[O-])cnc21. The van der Waals surface area contributed by atoms with Crippen molar-refractivity contribution in [3.8, 4) is 0 Å². The Kier molecular flexibility index (Phi) is 2.38. The minimum atomic E-state index is -0.745. The highest BCUT2D eigenvalue weighted by atomic mass is 16.6. The van der Waals surface area contributed by atoms with E-state index in [1.54, 1.807) is 13.8 Å². The van der Waals surface area contributed by atoms with Crippen molar-refractivity contribution in [2.24, 2.45) is 0 Å². The number of carbonyl (C=O) groups is 2. The van der Waals surface area contributed by atoms with Crippen LogP contribution in [0, 0.1) is 10.1 Å². The quantitative estimate of drug-likeness (QED) is 0.431. The van der Waals surface area contributed by atoms with Gasteiger partial charge in [0.05, 0.1) is 10.5 Å². The van der Waals surface area contributed by atoms with Gasteiger partial charge >= 0.3 is 5.91 Å². The fraction of sp³-hybridized carbons (Fsp3) is 0.300. The summed E-state index contributed by atoms with van der Waals surface area (Å²) in [5.74, 6) is -1.24. The third-order valence-electron chi connectivity index (χ3n) is 2.47. The highest BCUT2D eigenvalue weighted by Gasteiger charge is 2.39. The zero-order chi connectivity index (χ0) is 12.7. The Balaban J connectivity index is 2.59. The molecule has 0 fully saturated rings. The maximum atomic E-state index is 11.7. The number of Topliss-reactive ketones (excluding diaryl/α,β-unsaturated/α-hetero) is 1. The first-order valence-corrected chi connectivity index (χ1v) is 4.95. The van der Waals surface area contributed by atoms with Crippen LogP contribution >= 0.6 is 0 Å². The monoisotopic (exact) mass is 235 g/mol. The molecule has 1 aromatic heterocycles. The van der Waals surface area contributed by atoms with E-state index >= 15 is 0 Å². The predicted molar refractivity (Wildman–Crippen MR) is 57.8 cm³/mol. The number of amides is 1. The van der Waals surface area contributed by atoms with Crippen LogP contribution in [0.25, 0.3) is 0 Å². The molecule has 0 aliphatic carbocycles. The lowest BCUT2D eigenvalue weighted by molar-refractivity contribution is -0.385. The number of fused-ring (bicyclic) bond motifs is 1. The molecular weight excluding hydrogens is 226 g/mol. The van der Waals surface area contributed by atoms with Crippen molar-refractivity contribution in [1.82, 2.24) is 4.98 Å². The highest BCUT2D eigenvalue weighted by Crippen LogP contribution is 2.30. The molecule has 88 valence electrons. The first-order valence-electron chi connectivity index (χ1n) is 4.95. The maximum absolute atomic E-state index is 11.7. The van der Waals surface area contributed by atoms with E-state index < -0.39 is 16.6 Å². The number of rotatable bonds is 2. The second-order valence-corrected chi connectivity index (χ2v) is 3.92. The normalized spacial score (nSPS) is 14.4. The average molecular weight is 235 g/mol. The predicted octanol–water partition coefficient (Wildman–Crippen LogP) is 0.927. The van der Waals surface area contributed by atoms with E-state index in [0.717, 1.165) is 12.3 Å². The molecule has 7 heteroatoms. The molecule has 1 amide bonds. The Hall–Kier alpha value is -2.31. The molecule has 2 heterocycles. The standard InChI is InChI=1S/C10H9N3O4/c1-5(2)12-9-7(8(14)10(12)15)3-6(4-11-9)13(16)17/h3-5H,1-2H3. The fourth-order valence-electron chi connectivity index (χ4n) is 1.71. The molecule has 7 nitrogen and oxygen atoms in total. The van der Waals surface area contributed by atoms with E-state index in [1.807, 2.05) is 0 Å². The molecule has 17 heavy (non-hydrogen) atoms. The van der Waals surface area contributed by atoms with Crippen LogP contribution < -0.4 is 4.90 Å². The number of carbonyl (C=O) groups excluding carboxylic acids is 2. The second kappa shape index (κ2) is 3.62. The lowest BCUT2D eigenvalue weighted by Gasteiger charge is -2.19. The van der Waals surface area contributed by atoms with Crippen LogP contribution in [0.3, 0.4) is 0 Å². The summed E-state index contributed by atoms with van der Waals surface area (Å²) in [6.45, 7) is 3.48. The average Bonchev–Trinajstić information content (AvgIpc) is 2.51. The van der Waals surface area contributed by atoms with Crippen LogP contribution in [0.4, 0.5) is 11.5 Å². The number of pyridine rings is 1. The van der Waals surface area contributed by atoms with E-state index in [2.05, 4.69) is 4.98 Å². The zero-order valence-electron chi connectivity index (χ0n) is 9.21. The number of nitro groups is 1. The number of anilines is 1. The fourth-order valence-corrected chi connectivity index (χ4v) is 1.71. The number of nitrogens with zero attached hydrogens (tertiary/aromatic N) is 3. The van der Waals surface area contributed by atoms with Crippen LogP contribution in [0.5, 0.6) is 0 Å². The van der Waals surface area contributed by atoms with Gasteiger partial charge in [0.2, 0.25) is 0 Å². The lowest BCUT2D eigenvalue weighted by atomic mass is 10.2. The summed E-state index contributed by atoms with van der Waals surface area (Å²) in [4.78, 5) is 38.3. The number of aromatic nitrogens is 1. The molecule has 0 aromatic carbocycles. The molecule has 1 aromatic rings. The summed E-state index contributed by atoms with van der Waals surface area (Å²) >= 11 is 0. The third kappa shape index (κ3) is 1.55. The number of ketones is 1. The Morgan fingerprint density at radius 3 is 2.59 bits per heavy atom. The van der Waals surface area contributed by atoms with Gasteiger partial charge in [0.25, 0.3) is 11.5 Å². The molecule has 0 radical (unpaired) electrons. The van der Waals surface area contributed by atoms with Gasteiger partial charge in [-0.3, -0.25) is 24.6 Å². The first kappa shape index (κ1) is 11.2. The Morgan fingerprint density at radius 1 is 1.41 bits per heavy atom. The smallest absolute Gasteiger partial charge is 0.287 e. The Labute approximate surface area is 96.2 Å². The van der Waals surface area contributed by atoms with Gasteiger partial charge in [-0.1, -0.05) is 0 Å². The lowest BCUT2D eigenvalue weighted by Crippen LogP contribution is -2.36. The molecule has 0 saturated heterocycles. The van der Waals surface area contributed by atoms with E-state index in [4.69, 9.17) is 0 Å². The van der Waals surface area contributed by atoms with Crippen molar-refractivity contribution in [3.63, 3.8) is 0 Å². The zero-order valence-corrected chi connectivity index (χ0v) is 9.21. The van der Waals surface area contributed by atoms with Crippen molar-refractivity contribution in [3.05, 3.63) is 27.9 Å². The van der Waals surface area contributed by atoms with Gasteiger partial charge in [-0.05, 0) is 13.8 Å². The molecule has 0 unspecified atom stereocenters. The van der Waals surface area contributed by atoms with Gasteiger partial charge in [-0.2, -0.15) is 0 Å². The van der Waals surface area contributed by atoms with Crippen LogP contribution in [-0.2, 0) is 4.79 Å². The highest BCUT2D eigenvalue weighted by molar-refractivity contribution is 6.52. The minimum absolute atomic E-state index is 0.00194. The molecule has 0 spiro atoms. The third-order valence-corrected chi connectivity index (χ3v) is 2.47. The Morgan fingerprint density at radius 2 is 2.06 bits per heavy atom. The van der Waals surface area contributed by atoms with Gasteiger partial charge in [0.1, 0.15) is 12.0 Å². The minimum Gasteiger partial charge on any atom is -0.287 e. The molecule has 0 bridgehead atoms. The summed E-state index contributed by atoms with van der Waals surface area (Å²) in [5.41, 5.74) is -0.298. The first-order chi connectivity index (χ1) is 7.93. The molecule has 2 rings (SSSR count).